The fourth-order valence-corrected chi connectivity index (χ4v) is 2.59. The summed E-state index contributed by atoms with van der Waals surface area (Å²) < 4.78 is 1.63. The molecule has 0 amide bonds. The number of rotatable bonds is 3. The van der Waals surface area contributed by atoms with Gasteiger partial charge in [-0.15, -0.1) is 0 Å². The molecule has 0 saturated heterocycles. The zero-order valence-electron chi connectivity index (χ0n) is 12.3. The Hall–Kier alpha value is -2.55. The highest BCUT2D eigenvalue weighted by Crippen LogP contribution is 2.20. The van der Waals surface area contributed by atoms with E-state index in [0.717, 1.165) is 34.5 Å². The van der Waals surface area contributed by atoms with Crippen LogP contribution in [0.2, 0.25) is 0 Å². The highest BCUT2D eigenvalue weighted by molar-refractivity contribution is 5.65. The van der Waals surface area contributed by atoms with Crippen LogP contribution in [0.15, 0.2) is 59.4 Å². The normalized spacial score (nSPS) is 10.8. The molecule has 0 fully saturated rings. The van der Waals surface area contributed by atoms with Gasteiger partial charge in [0, 0.05) is 5.69 Å². The number of aryl methyl sites for hydroxylation is 2. The van der Waals surface area contributed by atoms with E-state index in [9.17, 15) is 4.79 Å². The molecule has 0 aliphatic heterocycles. The molecule has 2 aromatic carbocycles. The van der Waals surface area contributed by atoms with Crippen LogP contribution in [0.1, 0.15) is 18.2 Å². The van der Waals surface area contributed by atoms with Crippen molar-refractivity contribution in [3.8, 4) is 16.8 Å². The molecule has 0 spiro atoms. The van der Waals surface area contributed by atoms with Gasteiger partial charge in [-0.25, -0.2) is 4.68 Å². The van der Waals surface area contributed by atoms with E-state index in [2.05, 4.69) is 12.0 Å². The standard InChI is InChI=1S/C18H18N2O/c1-3-16-17(14-9-5-4-6-10-14)18(21)20(19-16)15-11-7-8-13(2)12-15/h4-12,19H,3H2,1-2H3. The smallest absolute Gasteiger partial charge is 0.279 e. The van der Waals surface area contributed by atoms with Crippen LogP contribution in [-0.2, 0) is 6.42 Å². The summed E-state index contributed by atoms with van der Waals surface area (Å²) in [7, 11) is 0. The first kappa shape index (κ1) is 13.4. The molecule has 106 valence electrons. The second kappa shape index (κ2) is 5.44. The summed E-state index contributed by atoms with van der Waals surface area (Å²) in [6.45, 7) is 4.08. The molecule has 1 N–H and O–H groups in total. The summed E-state index contributed by atoms with van der Waals surface area (Å²) in [5.74, 6) is 0. The topological polar surface area (TPSA) is 37.8 Å². The first-order valence-corrected chi connectivity index (χ1v) is 7.17. The van der Waals surface area contributed by atoms with Crippen LogP contribution in [0, 0.1) is 6.92 Å². The Balaban J connectivity index is 2.22. The SMILES string of the molecule is CCc1[nH]n(-c2cccc(C)c2)c(=O)c1-c1ccccc1. The molecule has 1 heterocycles. The molecule has 1 aromatic heterocycles. The summed E-state index contributed by atoms with van der Waals surface area (Å²) in [5, 5.41) is 3.25. The van der Waals surface area contributed by atoms with Gasteiger partial charge in [-0.2, -0.15) is 0 Å². The molecular formula is C18H18N2O. The monoisotopic (exact) mass is 278 g/mol. The first-order valence-electron chi connectivity index (χ1n) is 7.17. The van der Waals surface area contributed by atoms with E-state index in [1.807, 2.05) is 61.5 Å². The maximum absolute atomic E-state index is 12.8. The number of hydrogen-bond donors (Lipinski definition) is 1. The molecule has 3 rings (SSSR count). The van der Waals surface area contributed by atoms with Crippen molar-refractivity contribution in [2.45, 2.75) is 20.3 Å². The third kappa shape index (κ3) is 2.42. The van der Waals surface area contributed by atoms with Crippen molar-refractivity contribution in [3.63, 3.8) is 0 Å². The third-order valence-corrected chi connectivity index (χ3v) is 3.64. The van der Waals surface area contributed by atoms with Crippen LogP contribution < -0.4 is 5.56 Å². The molecule has 3 aromatic rings. The Morgan fingerprint density at radius 1 is 1.05 bits per heavy atom. The minimum absolute atomic E-state index is 0.00338. The zero-order valence-corrected chi connectivity index (χ0v) is 12.3. The van der Waals surface area contributed by atoms with E-state index >= 15 is 0 Å². The van der Waals surface area contributed by atoms with Crippen LogP contribution in [0.25, 0.3) is 16.8 Å². The van der Waals surface area contributed by atoms with Crippen molar-refractivity contribution in [1.82, 2.24) is 9.78 Å². The van der Waals surface area contributed by atoms with Crippen LogP contribution in [0.5, 0.6) is 0 Å². The molecular weight excluding hydrogens is 260 g/mol. The van der Waals surface area contributed by atoms with Crippen molar-refractivity contribution < 1.29 is 0 Å². The van der Waals surface area contributed by atoms with Gasteiger partial charge in [0.25, 0.3) is 5.56 Å². The largest absolute Gasteiger partial charge is 0.294 e. The Morgan fingerprint density at radius 3 is 2.48 bits per heavy atom. The summed E-state index contributed by atoms with van der Waals surface area (Å²) in [6.07, 6.45) is 0.790. The summed E-state index contributed by atoms with van der Waals surface area (Å²) in [5.41, 5.74) is 4.70. The van der Waals surface area contributed by atoms with Gasteiger partial charge >= 0.3 is 0 Å². The summed E-state index contributed by atoms with van der Waals surface area (Å²) in [6, 6.07) is 17.8. The van der Waals surface area contributed by atoms with Gasteiger partial charge in [0.1, 0.15) is 0 Å². The minimum atomic E-state index is 0.00338. The lowest BCUT2D eigenvalue weighted by molar-refractivity contribution is 0.818. The molecule has 0 aliphatic rings. The van der Waals surface area contributed by atoms with Gasteiger partial charge in [-0.05, 0) is 36.6 Å². The van der Waals surface area contributed by atoms with Crippen LogP contribution in [0.4, 0.5) is 0 Å². The molecule has 0 saturated carbocycles. The third-order valence-electron chi connectivity index (χ3n) is 3.64. The second-order valence-electron chi connectivity index (χ2n) is 5.16. The lowest BCUT2D eigenvalue weighted by Gasteiger charge is -2.02. The number of aromatic nitrogens is 2. The molecule has 0 bridgehead atoms. The van der Waals surface area contributed by atoms with E-state index in [4.69, 9.17) is 0 Å². The van der Waals surface area contributed by atoms with E-state index in [-0.39, 0.29) is 5.56 Å². The fraction of sp³-hybridized carbons (Fsp3) is 0.167. The molecule has 3 nitrogen and oxygen atoms in total. The van der Waals surface area contributed by atoms with Gasteiger partial charge in [-0.1, -0.05) is 49.4 Å². The van der Waals surface area contributed by atoms with Crippen LogP contribution >= 0.6 is 0 Å². The molecule has 0 radical (unpaired) electrons. The Morgan fingerprint density at radius 2 is 1.81 bits per heavy atom. The van der Waals surface area contributed by atoms with Gasteiger partial charge in [-0.3, -0.25) is 9.89 Å². The van der Waals surface area contributed by atoms with Gasteiger partial charge in [0.2, 0.25) is 0 Å². The van der Waals surface area contributed by atoms with E-state index in [1.165, 1.54) is 0 Å². The molecule has 0 atom stereocenters. The average Bonchev–Trinajstić information content (AvgIpc) is 2.85. The van der Waals surface area contributed by atoms with Crippen molar-refractivity contribution in [3.05, 3.63) is 76.2 Å². The van der Waals surface area contributed by atoms with Crippen LogP contribution in [0.3, 0.4) is 0 Å². The van der Waals surface area contributed by atoms with E-state index in [1.54, 1.807) is 4.68 Å². The Kier molecular flexibility index (Phi) is 3.48. The van der Waals surface area contributed by atoms with Gasteiger partial charge in [0.05, 0.1) is 11.3 Å². The predicted molar refractivity (Wildman–Crippen MR) is 85.9 cm³/mol. The lowest BCUT2D eigenvalue weighted by Crippen LogP contribution is -2.15. The van der Waals surface area contributed by atoms with Gasteiger partial charge < -0.3 is 0 Å². The number of nitrogens with zero attached hydrogens (tertiary/aromatic N) is 1. The highest BCUT2D eigenvalue weighted by Gasteiger charge is 2.15. The molecule has 0 unspecified atom stereocenters. The summed E-state index contributed by atoms with van der Waals surface area (Å²) in [4.78, 5) is 12.8. The van der Waals surface area contributed by atoms with Crippen molar-refractivity contribution >= 4 is 0 Å². The van der Waals surface area contributed by atoms with E-state index in [0.29, 0.717) is 0 Å². The number of benzene rings is 2. The fourth-order valence-electron chi connectivity index (χ4n) is 2.59. The first-order chi connectivity index (χ1) is 10.2. The van der Waals surface area contributed by atoms with Crippen molar-refractivity contribution in [2.75, 3.05) is 0 Å². The molecule has 0 aliphatic carbocycles. The maximum Gasteiger partial charge on any atom is 0.279 e. The molecule has 3 heteroatoms. The summed E-state index contributed by atoms with van der Waals surface area (Å²) >= 11 is 0. The number of nitrogens with one attached hydrogen (secondary N) is 1. The number of H-pyrrole nitrogens is 1. The minimum Gasteiger partial charge on any atom is -0.294 e. The van der Waals surface area contributed by atoms with Gasteiger partial charge in [0.15, 0.2) is 0 Å². The number of hydrogen-bond acceptors (Lipinski definition) is 1. The maximum atomic E-state index is 12.8. The Labute approximate surface area is 123 Å². The zero-order chi connectivity index (χ0) is 14.8. The lowest BCUT2D eigenvalue weighted by atomic mass is 10.1. The molecule has 21 heavy (non-hydrogen) atoms. The number of aromatic amines is 1. The van der Waals surface area contributed by atoms with Crippen molar-refractivity contribution in [2.24, 2.45) is 0 Å². The second-order valence-corrected chi connectivity index (χ2v) is 5.16. The Bertz CT molecular complexity index is 813. The van der Waals surface area contributed by atoms with Crippen LogP contribution in [-0.4, -0.2) is 9.78 Å². The van der Waals surface area contributed by atoms with Crippen molar-refractivity contribution in [1.29, 1.82) is 0 Å². The highest BCUT2D eigenvalue weighted by atomic mass is 16.1. The predicted octanol–water partition coefficient (Wildman–Crippen LogP) is 3.70. The van der Waals surface area contributed by atoms with E-state index < -0.39 is 0 Å². The average molecular weight is 278 g/mol. The quantitative estimate of drug-likeness (QED) is 0.779.